The number of hydrogen-bond acceptors (Lipinski definition) is 5. The molecule has 2 aromatic carbocycles. The third kappa shape index (κ3) is 4.22. The Morgan fingerprint density at radius 2 is 1.82 bits per heavy atom. The van der Waals surface area contributed by atoms with Crippen molar-refractivity contribution >= 4 is 11.9 Å². The number of rotatable bonds is 5. The van der Waals surface area contributed by atoms with E-state index in [2.05, 4.69) is 51.5 Å². The fourth-order valence-corrected chi connectivity index (χ4v) is 3.42. The smallest absolute Gasteiger partial charge is 0.266 e. The van der Waals surface area contributed by atoms with Crippen molar-refractivity contribution in [3.8, 4) is 11.5 Å². The minimum absolute atomic E-state index is 0.0298. The van der Waals surface area contributed by atoms with Crippen molar-refractivity contribution in [1.82, 2.24) is 15.5 Å². The lowest BCUT2D eigenvalue weighted by Gasteiger charge is -2.30. The van der Waals surface area contributed by atoms with Gasteiger partial charge in [-0.05, 0) is 42.6 Å². The van der Waals surface area contributed by atoms with E-state index in [4.69, 9.17) is 4.52 Å². The van der Waals surface area contributed by atoms with Gasteiger partial charge in [-0.15, -0.1) is 0 Å². The van der Waals surface area contributed by atoms with Gasteiger partial charge in [0.05, 0.1) is 0 Å². The van der Waals surface area contributed by atoms with E-state index in [9.17, 15) is 4.79 Å². The Labute approximate surface area is 164 Å². The number of nitrogens with one attached hydrogen (secondary N) is 1. The molecule has 1 fully saturated rings. The van der Waals surface area contributed by atoms with Crippen molar-refractivity contribution in [2.24, 2.45) is 5.92 Å². The molecular formula is C22H24N4O2. The van der Waals surface area contributed by atoms with Crippen LogP contribution in [0.4, 0.5) is 5.95 Å². The Hall–Kier alpha value is -3.15. The molecule has 6 nitrogen and oxygen atoms in total. The Balaban J connectivity index is 1.29. The van der Waals surface area contributed by atoms with Crippen LogP contribution in [-0.4, -0.2) is 29.1 Å². The molecule has 0 radical (unpaired) electrons. The zero-order valence-electron chi connectivity index (χ0n) is 16.0. The number of aromatic nitrogens is 2. The lowest BCUT2D eigenvalue weighted by molar-refractivity contribution is -0.125. The van der Waals surface area contributed by atoms with E-state index in [-0.39, 0.29) is 11.8 Å². The SMILES string of the molecule is Cc1ccc(CNC(=O)C2CCN(c3noc(-c4ccccc4)n3)CC2)cc1. The van der Waals surface area contributed by atoms with Gasteiger partial charge in [0.15, 0.2) is 0 Å². The van der Waals surface area contributed by atoms with Gasteiger partial charge in [-0.3, -0.25) is 4.79 Å². The Morgan fingerprint density at radius 1 is 1.11 bits per heavy atom. The molecule has 6 heteroatoms. The standard InChI is InChI=1S/C22H24N4O2/c1-16-7-9-17(10-8-16)15-23-20(27)18-11-13-26(14-12-18)22-24-21(28-25-22)19-5-3-2-4-6-19/h2-10,18H,11-15H2,1H3,(H,23,27). The zero-order valence-corrected chi connectivity index (χ0v) is 16.0. The predicted octanol–water partition coefficient (Wildman–Crippen LogP) is 3.58. The second-order valence-electron chi connectivity index (χ2n) is 7.23. The van der Waals surface area contributed by atoms with Gasteiger partial charge in [-0.25, -0.2) is 0 Å². The predicted molar refractivity (Wildman–Crippen MR) is 108 cm³/mol. The van der Waals surface area contributed by atoms with Gasteiger partial charge in [-0.1, -0.05) is 48.0 Å². The van der Waals surface area contributed by atoms with E-state index in [0.717, 1.165) is 37.1 Å². The number of amides is 1. The number of carbonyl (C=O) groups is 1. The van der Waals surface area contributed by atoms with Crippen LogP contribution < -0.4 is 10.2 Å². The highest BCUT2D eigenvalue weighted by Gasteiger charge is 2.27. The highest BCUT2D eigenvalue weighted by molar-refractivity contribution is 5.79. The third-order valence-electron chi connectivity index (χ3n) is 5.17. The minimum Gasteiger partial charge on any atom is -0.352 e. The van der Waals surface area contributed by atoms with Crippen LogP contribution >= 0.6 is 0 Å². The van der Waals surface area contributed by atoms with E-state index in [0.29, 0.717) is 18.4 Å². The van der Waals surface area contributed by atoms with Crippen molar-refractivity contribution < 1.29 is 9.32 Å². The topological polar surface area (TPSA) is 71.3 Å². The largest absolute Gasteiger partial charge is 0.352 e. The number of benzene rings is 2. The zero-order chi connectivity index (χ0) is 19.3. The highest BCUT2D eigenvalue weighted by Crippen LogP contribution is 2.24. The molecule has 3 aromatic rings. The van der Waals surface area contributed by atoms with Gasteiger partial charge < -0.3 is 14.7 Å². The summed E-state index contributed by atoms with van der Waals surface area (Å²) in [6.07, 6.45) is 1.57. The Morgan fingerprint density at radius 3 is 2.54 bits per heavy atom. The maximum atomic E-state index is 12.5. The second-order valence-corrected chi connectivity index (χ2v) is 7.23. The van der Waals surface area contributed by atoms with Crippen LogP contribution in [-0.2, 0) is 11.3 Å². The molecule has 0 bridgehead atoms. The molecule has 0 atom stereocenters. The van der Waals surface area contributed by atoms with Crippen LogP contribution in [0.5, 0.6) is 0 Å². The number of anilines is 1. The summed E-state index contributed by atoms with van der Waals surface area (Å²) < 4.78 is 5.39. The number of nitrogens with zero attached hydrogens (tertiary/aromatic N) is 3. The first-order valence-corrected chi connectivity index (χ1v) is 9.66. The summed E-state index contributed by atoms with van der Waals surface area (Å²) in [7, 11) is 0. The Kier molecular flexibility index (Phi) is 5.37. The summed E-state index contributed by atoms with van der Waals surface area (Å²) >= 11 is 0. The van der Waals surface area contributed by atoms with Gasteiger partial charge in [0, 0.05) is 31.1 Å². The van der Waals surface area contributed by atoms with Crippen LogP contribution in [0.1, 0.15) is 24.0 Å². The molecule has 0 unspecified atom stereocenters. The van der Waals surface area contributed by atoms with Gasteiger partial charge >= 0.3 is 0 Å². The Bertz CT molecular complexity index is 913. The third-order valence-corrected chi connectivity index (χ3v) is 5.17. The molecule has 1 amide bonds. The highest BCUT2D eigenvalue weighted by atomic mass is 16.5. The van der Waals surface area contributed by atoms with Gasteiger partial charge in [0.1, 0.15) is 0 Å². The fraction of sp³-hybridized carbons (Fsp3) is 0.318. The minimum atomic E-state index is 0.0298. The molecule has 1 saturated heterocycles. The summed E-state index contributed by atoms with van der Waals surface area (Å²) in [4.78, 5) is 19.1. The first kappa shape index (κ1) is 18.2. The first-order valence-electron chi connectivity index (χ1n) is 9.66. The van der Waals surface area contributed by atoms with Crippen molar-refractivity contribution in [2.45, 2.75) is 26.3 Å². The number of hydrogen-bond donors (Lipinski definition) is 1. The van der Waals surface area contributed by atoms with Crippen LogP contribution in [0, 0.1) is 12.8 Å². The van der Waals surface area contributed by atoms with Crippen LogP contribution in [0.15, 0.2) is 59.1 Å². The summed E-state index contributed by atoms with van der Waals surface area (Å²) in [5.74, 6) is 1.27. The summed E-state index contributed by atoms with van der Waals surface area (Å²) in [5.41, 5.74) is 3.25. The molecule has 1 aliphatic heterocycles. The summed E-state index contributed by atoms with van der Waals surface area (Å²) in [6.45, 7) is 4.13. The number of carbonyl (C=O) groups excluding carboxylic acids is 1. The summed E-state index contributed by atoms with van der Waals surface area (Å²) in [6, 6.07) is 18.0. The van der Waals surface area contributed by atoms with Crippen LogP contribution in [0.25, 0.3) is 11.5 Å². The van der Waals surface area contributed by atoms with Crippen LogP contribution in [0.3, 0.4) is 0 Å². The molecule has 144 valence electrons. The maximum Gasteiger partial charge on any atom is 0.266 e. The molecule has 1 aliphatic rings. The lowest BCUT2D eigenvalue weighted by atomic mass is 9.96. The average Bonchev–Trinajstić information content (AvgIpc) is 3.24. The fourth-order valence-electron chi connectivity index (χ4n) is 3.42. The average molecular weight is 376 g/mol. The van der Waals surface area contributed by atoms with Gasteiger partial charge in [0.2, 0.25) is 5.91 Å². The molecule has 0 saturated carbocycles. The van der Waals surface area contributed by atoms with E-state index in [1.165, 1.54) is 5.56 Å². The second kappa shape index (κ2) is 8.25. The lowest BCUT2D eigenvalue weighted by Crippen LogP contribution is -2.40. The normalized spacial score (nSPS) is 14.8. The number of aryl methyl sites for hydroxylation is 1. The van der Waals surface area contributed by atoms with Crippen molar-refractivity contribution in [3.05, 3.63) is 65.7 Å². The summed E-state index contributed by atoms with van der Waals surface area (Å²) in [5, 5.41) is 7.17. The van der Waals surface area contributed by atoms with E-state index < -0.39 is 0 Å². The van der Waals surface area contributed by atoms with Gasteiger partial charge in [-0.2, -0.15) is 4.98 Å². The first-order chi connectivity index (χ1) is 13.7. The molecule has 0 spiro atoms. The van der Waals surface area contributed by atoms with E-state index >= 15 is 0 Å². The monoisotopic (exact) mass is 376 g/mol. The van der Waals surface area contributed by atoms with E-state index in [1.807, 2.05) is 30.3 Å². The number of piperidine rings is 1. The molecule has 0 aliphatic carbocycles. The van der Waals surface area contributed by atoms with Crippen molar-refractivity contribution in [1.29, 1.82) is 0 Å². The maximum absolute atomic E-state index is 12.5. The molecule has 28 heavy (non-hydrogen) atoms. The van der Waals surface area contributed by atoms with Gasteiger partial charge in [0.25, 0.3) is 11.8 Å². The van der Waals surface area contributed by atoms with Crippen molar-refractivity contribution in [3.63, 3.8) is 0 Å². The van der Waals surface area contributed by atoms with Crippen LogP contribution in [0.2, 0.25) is 0 Å². The van der Waals surface area contributed by atoms with E-state index in [1.54, 1.807) is 0 Å². The molecule has 2 heterocycles. The molecule has 4 rings (SSSR count). The molecule has 1 N–H and O–H groups in total. The quantitative estimate of drug-likeness (QED) is 0.737. The molecular weight excluding hydrogens is 352 g/mol. The van der Waals surface area contributed by atoms with Crippen molar-refractivity contribution in [2.75, 3.05) is 18.0 Å². The molecule has 1 aromatic heterocycles.